The van der Waals surface area contributed by atoms with Gasteiger partial charge in [-0.3, -0.25) is 0 Å². The molecule has 1 unspecified atom stereocenters. The van der Waals surface area contributed by atoms with Crippen molar-refractivity contribution in [3.05, 3.63) is 57.2 Å². The average molecular weight is 446 g/mol. The molecular weight excluding hydrogens is 404 g/mol. The Hall–Kier alpha value is -1.80. The standard InChI is InChI=1S/C30H41OSi/c1-18-14-22-23(28(18)32(9)10)15-19-12-11-13-21(19)26(22)20-16-24(29(2,3)4)27(31-8)25(17-20)30(5,6)7/h14-17,28H,11-13H2,1-10H3. The van der Waals surface area contributed by atoms with Crippen LogP contribution < -0.4 is 4.74 Å². The lowest BCUT2D eigenvalue weighted by Crippen LogP contribution is -2.19. The van der Waals surface area contributed by atoms with E-state index in [2.05, 4.69) is 85.8 Å². The predicted molar refractivity (Wildman–Crippen MR) is 142 cm³/mol. The number of aryl methyl sites for hydroxylation is 1. The zero-order valence-electron chi connectivity index (χ0n) is 21.9. The van der Waals surface area contributed by atoms with Crippen LogP contribution in [0.4, 0.5) is 0 Å². The van der Waals surface area contributed by atoms with Crippen LogP contribution in [0.2, 0.25) is 13.1 Å². The fourth-order valence-electron chi connectivity index (χ4n) is 5.94. The molecule has 0 fully saturated rings. The lowest BCUT2D eigenvalue weighted by Gasteiger charge is -2.31. The maximum absolute atomic E-state index is 6.06. The van der Waals surface area contributed by atoms with E-state index in [9.17, 15) is 0 Å². The third-order valence-electron chi connectivity index (χ3n) is 7.39. The van der Waals surface area contributed by atoms with Crippen molar-refractivity contribution in [1.82, 2.24) is 0 Å². The van der Waals surface area contributed by atoms with Gasteiger partial charge in [0.15, 0.2) is 0 Å². The first kappa shape index (κ1) is 23.4. The summed E-state index contributed by atoms with van der Waals surface area (Å²) < 4.78 is 6.06. The summed E-state index contributed by atoms with van der Waals surface area (Å²) in [6, 6.07) is 7.47. The molecule has 0 saturated carbocycles. The Morgan fingerprint density at radius 3 is 2.00 bits per heavy atom. The van der Waals surface area contributed by atoms with Gasteiger partial charge in [-0.25, -0.2) is 0 Å². The van der Waals surface area contributed by atoms with Gasteiger partial charge in [-0.05, 0) is 88.1 Å². The number of benzene rings is 2. The van der Waals surface area contributed by atoms with Crippen LogP contribution in [0.5, 0.6) is 5.75 Å². The molecule has 2 aliphatic carbocycles. The maximum Gasteiger partial charge on any atom is 0.126 e. The van der Waals surface area contributed by atoms with Gasteiger partial charge in [0.05, 0.1) is 15.9 Å². The molecule has 4 rings (SSSR count). The van der Waals surface area contributed by atoms with E-state index in [1.165, 1.54) is 47.1 Å². The molecule has 0 spiro atoms. The van der Waals surface area contributed by atoms with Gasteiger partial charge in [-0.15, -0.1) is 0 Å². The highest BCUT2D eigenvalue weighted by molar-refractivity contribution is 6.58. The summed E-state index contributed by atoms with van der Waals surface area (Å²) in [7, 11) is 1.39. The first-order chi connectivity index (χ1) is 14.8. The number of methoxy groups -OCH3 is 1. The van der Waals surface area contributed by atoms with Crippen molar-refractivity contribution in [2.45, 2.75) is 97.2 Å². The fourth-order valence-corrected chi connectivity index (χ4v) is 7.79. The summed E-state index contributed by atoms with van der Waals surface area (Å²) >= 11 is 0. The largest absolute Gasteiger partial charge is 0.496 e. The van der Waals surface area contributed by atoms with Gasteiger partial charge in [-0.1, -0.05) is 72.4 Å². The Labute approximate surface area is 197 Å². The van der Waals surface area contributed by atoms with Gasteiger partial charge in [0.1, 0.15) is 5.75 Å². The molecule has 0 aliphatic heterocycles. The van der Waals surface area contributed by atoms with Crippen molar-refractivity contribution in [2.24, 2.45) is 0 Å². The summed E-state index contributed by atoms with van der Waals surface area (Å²) in [6.07, 6.45) is 6.23. The predicted octanol–water partition coefficient (Wildman–Crippen LogP) is 8.24. The lowest BCUT2D eigenvalue weighted by molar-refractivity contribution is 0.381. The highest BCUT2D eigenvalue weighted by Gasteiger charge is 2.34. The third-order valence-corrected chi connectivity index (χ3v) is 9.31. The zero-order valence-corrected chi connectivity index (χ0v) is 22.9. The van der Waals surface area contributed by atoms with E-state index in [1.807, 2.05) is 7.11 Å². The first-order valence-corrected chi connectivity index (χ1v) is 14.8. The highest BCUT2D eigenvalue weighted by atomic mass is 28.3. The Bertz CT molecular complexity index is 1050. The number of fused-ring (bicyclic) bond motifs is 2. The molecule has 2 aromatic carbocycles. The second-order valence-electron chi connectivity index (χ2n) is 12.2. The van der Waals surface area contributed by atoms with E-state index >= 15 is 0 Å². The van der Waals surface area contributed by atoms with E-state index in [1.54, 1.807) is 22.3 Å². The molecule has 1 nitrogen and oxygen atoms in total. The Morgan fingerprint density at radius 1 is 0.906 bits per heavy atom. The molecule has 1 radical (unpaired) electrons. The van der Waals surface area contributed by atoms with Gasteiger partial charge in [0, 0.05) is 11.1 Å². The molecule has 1 atom stereocenters. The topological polar surface area (TPSA) is 9.23 Å². The van der Waals surface area contributed by atoms with Crippen LogP contribution in [0.1, 0.15) is 93.8 Å². The van der Waals surface area contributed by atoms with Crippen molar-refractivity contribution in [1.29, 1.82) is 0 Å². The molecule has 171 valence electrons. The highest BCUT2D eigenvalue weighted by Crippen LogP contribution is 2.49. The average Bonchev–Trinajstić information content (AvgIpc) is 3.26. The smallest absolute Gasteiger partial charge is 0.126 e. The summed E-state index contributed by atoms with van der Waals surface area (Å²) in [5.74, 6) is 1.06. The van der Waals surface area contributed by atoms with Crippen molar-refractivity contribution in [3.8, 4) is 16.9 Å². The number of allylic oxidation sites excluding steroid dienone is 1. The van der Waals surface area contributed by atoms with Gasteiger partial charge in [-0.2, -0.15) is 0 Å². The third kappa shape index (κ3) is 3.79. The number of hydrogen-bond donors (Lipinski definition) is 0. The fraction of sp³-hybridized carbons (Fsp3) is 0.533. The quantitative estimate of drug-likeness (QED) is 0.432. The van der Waals surface area contributed by atoms with Crippen molar-refractivity contribution >= 4 is 14.9 Å². The van der Waals surface area contributed by atoms with Gasteiger partial charge in [0.25, 0.3) is 0 Å². The normalized spacial score (nSPS) is 18.1. The molecule has 0 aromatic heterocycles. The summed E-state index contributed by atoms with van der Waals surface area (Å²) in [5.41, 5.74) is 14.1. The van der Waals surface area contributed by atoms with E-state index in [0.717, 1.165) is 5.75 Å². The number of hydrogen-bond acceptors (Lipinski definition) is 1. The number of rotatable bonds is 3. The monoisotopic (exact) mass is 445 g/mol. The molecule has 32 heavy (non-hydrogen) atoms. The van der Waals surface area contributed by atoms with Crippen LogP contribution >= 0.6 is 0 Å². The molecule has 0 N–H and O–H groups in total. The van der Waals surface area contributed by atoms with Gasteiger partial charge in [0.2, 0.25) is 0 Å². The van der Waals surface area contributed by atoms with Crippen LogP contribution in [0.3, 0.4) is 0 Å². The zero-order chi connectivity index (χ0) is 23.6. The maximum atomic E-state index is 6.06. The molecule has 0 heterocycles. The SMILES string of the molecule is COc1c(C(C)(C)C)cc(-c2c3c(cc4c2CCC4)C([Si](C)C)C(C)=C3)cc1C(C)(C)C. The Kier molecular flexibility index (Phi) is 5.77. The van der Waals surface area contributed by atoms with E-state index < -0.39 is 8.80 Å². The first-order valence-electron chi connectivity index (χ1n) is 12.2. The second-order valence-corrected chi connectivity index (χ2v) is 15.0. The van der Waals surface area contributed by atoms with Crippen molar-refractivity contribution in [3.63, 3.8) is 0 Å². The molecule has 2 aliphatic rings. The summed E-state index contributed by atoms with van der Waals surface area (Å²) in [5, 5.41) is 0. The second kappa shape index (κ2) is 7.90. The van der Waals surface area contributed by atoms with E-state index in [0.29, 0.717) is 5.54 Å². The molecule has 0 amide bonds. The lowest BCUT2D eigenvalue weighted by atomic mass is 9.76. The minimum Gasteiger partial charge on any atom is -0.496 e. The Morgan fingerprint density at radius 2 is 1.50 bits per heavy atom. The molecule has 2 aromatic rings. The van der Waals surface area contributed by atoms with Crippen LogP contribution in [0.15, 0.2) is 23.8 Å². The van der Waals surface area contributed by atoms with E-state index in [4.69, 9.17) is 4.74 Å². The van der Waals surface area contributed by atoms with Crippen molar-refractivity contribution in [2.75, 3.05) is 7.11 Å². The minimum atomic E-state index is -0.448. The van der Waals surface area contributed by atoms with Crippen molar-refractivity contribution < 1.29 is 4.74 Å². The molecule has 2 heteroatoms. The van der Waals surface area contributed by atoms with Crippen LogP contribution in [-0.4, -0.2) is 15.9 Å². The molecular formula is C30H41OSi. The summed E-state index contributed by atoms with van der Waals surface area (Å²) in [6.45, 7) is 21.1. The van der Waals surface area contributed by atoms with E-state index in [-0.39, 0.29) is 10.8 Å². The van der Waals surface area contributed by atoms with Crippen LogP contribution in [-0.2, 0) is 23.7 Å². The Balaban J connectivity index is 2.09. The summed E-state index contributed by atoms with van der Waals surface area (Å²) in [4.78, 5) is 0. The van der Waals surface area contributed by atoms with Gasteiger partial charge < -0.3 is 4.74 Å². The molecule has 0 bridgehead atoms. The number of ether oxygens (including phenoxy) is 1. The van der Waals surface area contributed by atoms with Crippen LogP contribution in [0, 0.1) is 0 Å². The molecule has 0 saturated heterocycles. The van der Waals surface area contributed by atoms with Gasteiger partial charge >= 0.3 is 0 Å². The minimum absolute atomic E-state index is 0.0137. The van der Waals surface area contributed by atoms with Crippen LogP contribution in [0.25, 0.3) is 17.2 Å².